The summed E-state index contributed by atoms with van der Waals surface area (Å²) in [6, 6.07) is 9.83. The normalized spacial score (nSPS) is 20.1. The standard InChI is InChI=1S/C21H28N6O2/c1-2-25-11-9-22-21(29)17(25)15-20(28)26-10-8-19-23-18(24-27(19)13-12-26)14-16-6-4-3-5-7-16/h3-7,17H,2,8-15H2,1H3,(H,22,29). The molecule has 2 amide bonds. The molecule has 8 heteroatoms. The zero-order valence-electron chi connectivity index (χ0n) is 16.9. The van der Waals surface area contributed by atoms with E-state index in [0.717, 1.165) is 24.7 Å². The van der Waals surface area contributed by atoms with Crippen molar-refractivity contribution in [1.29, 1.82) is 0 Å². The Morgan fingerprint density at radius 1 is 1.17 bits per heavy atom. The average molecular weight is 396 g/mol. The first kappa shape index (κ1) is 19.6. The van der Waals surface area contributed by atoms with Crippen LogP contribution in [-0.4, -0.2) is 75.1 Å². The molecule has 3 heterocycles. The lowest BCUT2D eigenvalue weighted by Crippen LogP contribution is -2.56. The molecule has 0 bridgehead atoms. The predicted octanol–water partition coefficient (Wildman–Crippen LogP) is 0.464. The molecule has 1 atom stereocenters. The van der Waals surface area contributed by atoms with E-state index in [1.165, 1.54) is 5.56 Å². The lowest BCUT2D eigenvalue weighted by Gasteiger charge is -2.34. The van der Waals surface area contributed by atoms with Crippen molar-refractivity contribution in [1.82, 2.24) is 29.9 Å². The van der Waals surface area contributed by atoms with Gasteiger partial charge in [-0.15, -0.1) is 0 Å². The van der Waals surface area contributed by atoms with Crippen molar-refractivity contribution in [3.8, 4) is 0 Å². The molecule has 8 nitrogen and oxygen atoms in total. The third-order valence-electron chi connectivity index (χ3n) is 5.75. The minimum absolute atomic E-state index is 0.0285. The number of fused-ring (bicyclic) bond motifs is 1. The van der Waals surface area contributed by atoms with Crippen LogP contribution < -0.4 is 5.32 Å². The van der Waals surface area contributed by atoms with E-state index in [9.17, 15) is 9.59 Å². The molecule has 2 aliphatic rings. The summed E-state index contributed by atoms with van der Waals surface area (Å²) in [7, 11) is 0. The van der Waals surface area contributed by atoms with Crippen molar-refractivity contribution < 1.29 is 9.59 Å². The lowest BCUT2D eigenvalue weighted by atomic mass is 10.1. The molecule has 4 rings (SSSR count). The molecule has 2 aliphatic heterocycles. The fraction of sp³-hybridized carbons (Fsp3) is 0.524. The van der Waals surface area contributed by atoms with E-state index in [0.29, 0.717) is 39.0 Å². The number of benzene rings is 1. The smallest absolute Gasteiger partial charge is 0.237 e. The molecule has 2 aromatic rings. The fourth-order valence-electron chi connectivity index (χ4n) is 4.11. The highest BCUT2D eigenvalue weighted by atomic mass is 16.2. The number of nitrogens with zero attached hydrogens (tertiary/aromatic N) is 5. The minimum Gasteiger partial charge on any atom is -0.353 e. The van der Waals surface area contributed by atoms with Crippen LogP contribution in [0.3, 0.4) is 0 Å². The van der Waals surface area contributed by atoms with Crippen LogP contribution in [0.1, 0.15) is 30.6 Å². The molecule has 0 radical (unpaired) electrons. The van der Waals surface area contributed by atoms with Crippen LogP contribution in [0.4, 0.5) is 0 Å². The SMILES string of the molecule is CCN1CCNC(=O)C1CC(=O)N1CCc2nc(Cc3ccccc3)nn2CC1. The van der Waals surface area contributed by atoms with Gasteiger partial charge in [-0.05, 0) is 12.1 Å². The zero-order valence-corrected chi connectivity index (χ0v) is 16.9. The van der Waals surface area contributed by atoms with Crippen LogP contribution in [0.25, 0.3) is 0 Å². The maximum atomic E-state index is 12.9. The van der Waals surface area contributed by atoms with Gasteiger partial charge in [0.1, 0.15) is 5.82 Å². The van der Waals surface area contributed by atoms with Gasteiger partial charge in [0.05, 0.1) is 19.0 Å². The summed E-state index contributed by atoms with van der Waals surface area (Å²) in [5.41, 5.74) is 1.19. The second kappa shape index (κ2) is 8.73. The summed E-state index contributed by atoms with van der Waals surface area (Å²) in [6.45, 7) is 6.10. The van der Waals surface area contributed by atoms with Gasteiger partial charge in [0, 0.05) is 39.0 Å². The summed E-state index contributed by atoms with van der Waals surface area (Å²) in [5, 5.41) is 7.53. The largest absolute Gasteiger partial charge is 0.353 e. The van der Waals surface area contributed by atoms with Crippen LogP contribution in [0.5, 0.6) is 0 Å². The number of aromatic nitrogens is 3. The van der Waals surface area contributed by atoms with E-state index < -0.39 is 0 Å². The number of hydrogen-bond donors (Lipinski definition) is 1. The fourth-order valence-corrected chi connectivity index (χ4v) is 4.11. The van der Waals surface area contributed by atoms with Gasteiger partial charge < -0.3 is 10.2 Å². The molecule has 1 unspecified atom stereocenters. The van der Waals surface area contributed by atoms with Crippen molar-refractivity contribution >= 4 is 11.8 Å². The zero-order chi connectivity index (χ0) is 20.2. The molecule has 29 heavy (non-hydrogen) atoms. The molecular formula is C21H28N6O2. The maximum absolute atomic E-state index is 12.9. The molecule has 154 valence electrons. The summed E-state index contributed by atoms with van der Waals surface area (Å²) < 4.78 is 1.93. The van der Waals surface area contributed by atoms with E-state index in [4.69, 9.17) is 4.98 Å². The summed E-state index contributed by atoms with van der Waals surface area (Å²) >= 11 is 0. The average Bonchev–Trinajstić information content (AvgIpc) is 3.00. The van der Waals surface area contributed by atoms with Gasteiger partial charge in [-0.1, -0.05) is 37.3 Å². The molecular weight excluding hydrogens is 368 g/mol. The van der Waals surface area contributed by atoms with E-state index in [1.807, 2.05) is 34.7 Å². The highest BCUT2D eigenvalue weighted by molar-refractivity contribution is 5.88. The van der Waals surface area contributed by atoms with E-state index in [1.54, 1.807) is 0 Å². The van der Waals surface area contributed by atoms with E-state index in [-0.39, 0.29) is 24.3 Å². The van der Waals surface area contributed by atoms with E-state index in [2.05, 4.69) is 27.4 Å². The Hall–Kier alpha value is -2.74. The third kappa shape index (κ3) is 4.48. The first-order valence-electron chi connectivity index (χ1n) is 10.4. The molecule has 1 fully saturated rings. The Morgan fingerprint density at radius 3 is 2.79 bits per heavy atom. The number of amides is 2. The van der Waals surface area contributed by atoms with E-state index >= 15 is 0 Å². The monoisotopic (exact) mass is 396 g/mol. The van der Waals surface area contributed by atoms with Crippen LogP contribution in [0, 0.1) is 0 Å². The van der Waals surface area contributed by atoms with Crippen LogP contribution in [0.15, 0.2) is 30.3 Å². The number of carbonyl (C=O) groups excluding carboxylic acids is 2. The number of rotatable bonds is 5. The van der Waals surface area contributed by atoms with Gasteiger partial charge in [0.25, 0.3) is 0 Å². The molecule has 1 saturated heterocycles. The Morgan fingerprint density at radius 2 is 2.00 bits per heavy atom. The maximum Gasteiger partial charge on any atom is 0.237 e. The summed E-state index contributed by atoms with van der Waals surface area (Å²) in [6.07, 6.45) is 1.63. The minimum atomic E-state index is -0.364. The lowest BCUT2D eigenvalue weighted by molar-refractivity contribution is -0.138. The van der Waals surface area contributed by atoms with Crippen molar-refractivity contribution in [2.45, 2.75) is 38.8 Å². The number of carbonyl (C=O) groups is 2. The van der Waals surface area contributed by atoms with Gasteiger partial charge in [-0.3, -0.25) is 14.5 Å². The summed E-state index contributed by atoms with van der Waals surface area (Å²) in [4.78, 5) is 33.7. The van der Waals surface area contributed by atoms with Crippen molar-refractivity contribution in [3.63, 3.8) is 0 Å². The quantitative estimate of drug-likeness (QED) is 0.794. The Labute approximate surface area is 170 Å². The molecule has 1 N–H and O–H groups in total. The first-order chi connectivity index (χ1) is 14.1. The Balaban J connectivity index is 1.36. The molecule has 1 aromatic carbocycles. The number of piperazine rings is 1. The molecule has 0 saturated carbocycles. The van der Waals surface area contributed by atoms with Gasteiger partial charge in [0.15, 0.2) is 5.82 Å². The van der Waals surface area contributed by atoms with Crippen molar-refractivity contribution in [2.75, 3.05) is 32.7 Å². The number of nitrogens with one attached hydrogen (secondary N) is 1. The Bertz CT molecular complexity index is 840. The van der Waals surface area contributed by atoms with Gasteiger partial charge in [0.2, 0.25) is 11.8 Å². The third-order valence-corrected chi connectivity index (χ3v) is 5.75. The predicted molar refractivity (Wildman–Crippen MR) is 108 cm³/mol. The number of likely N-dealkylation sites (N-methyl/N-ethyl adjacent to an activating group) is 1. The summed E-state index contributed by atoms with van der Waals surface area (Å²) in [5.74, 6) is 1.74. The highest BCUT2D eigenvalue weighted by Gasteiger charge is 2.32. The molecule has 1 aromatic heterocycles. The molecule has 0 spiro atoms. The van der Waals surface area contributed by atoms with Crippen molar-refractivity contribution in [2.24, 2.45) is 0 Å². The number of hydrogen-bond acceptors (Lipinski definition) is 5. The van der Waals surface area contributed by atoms with Gasteiger partial charge in [-0.25, -0.2) is 9.67 Å². The van der Waals surface area contributed by atoms with Crippen molar-refractivity contribution in [3.05, 3.63) is 47.5 Å². The van der Waals surface area contributed by atoms with Crippen LogP contribution >= 0.6 is 0 Å². The van der Waals surface area contributed by atoms with Crippen LogP contribution in [0.2, 0.25) is 0 Å². The van der Waals surface area contributed by atoms with Gasteiger partial charge in [-0.2, -0.15) is 5.10 Å². The second-order valence-corrected chi connectivity index (χ2v) is 7.60. The van der Waals surface area contributed by atoms with Gasteiger partial charge >= 0.3 is 0 Å². The topological polar surface area (TPSA) is 83.4 Å². The molecule has 0 aliphatic carbocycles. The Kier molecular flexibility index (Phi) is 5.89. The second-order valence-electron chi connectivity index (χ2n) is 7.60. The highest BCUT2D eigenvalue weighted by Crippen LogP contribution is 2.14. The first-order valence-corrected chi connectivity index (χ1v) is 10.4. The van der Waals surface area contributed by atoms with Crippen LogP contribution in [-0.2, 0) is 29.0 Å².